The number of halogens is 2. The number of ether oxygens (including phenoxy) is 2. The molecule has 1 N–H and O–H groups in total. The van der Waals surface area contributed by atoms with Crippen molar-refractivity contribution in [3.8, 4) is 0 Å². The van der Waals surface area contributed by atoms with E-state index in [1.54, 1.807) is 0 Å². The van der Waals surface area contributed by atoms with Crippen LogP contribution in [0.1, 0.15) is 98.8 Å². The number of allylic oxidation sites excluding steroid dienone is 1. The quantitative estimate of drug-likeness (QED) is 0.149. The van der Waals surface area contributed by atoms with E-state index in [1.807, 2.05) is 0 Å². The summed E-state index contributed by atoms with van der Waals surface area (Å²) in [4.78, 5) is 2.55. The van der Waals surface area contributed by atoms with Gasteiger partial charge in [-0.1, -0.05) is 52.3 Å². The van der Waals surface area contributed by atoms with Gasteiger partial charge in [0.2, 0.25) is 0 Å². The summed E-state index contributed by atoms with van der Waals surface area (Å²) >= 11 is -2.09. The van der Waals surface area contributed by atoms with Crippen LogP contribution in [0, 0.1) is 25.8 Å². The zero-order valence-corrected chi connectivity index (χ0v) is 30.6. The predicted molar refractivity (Wildman–Crippen MR) is 185 cm³/mol. The molecule has 1 aliphatic carbocycles. The van der Waals surface area contributed by atoms with Crippen molar-refractivity contribution in [3.05, 3.63) is 112 Å². The van der Waals surface area contributed by atoms with Crippen LogP contribution in [-0.4, -0.2) is 27.6 Å². The molecular formula is C38H47Cl2NO2Ru. The Balaban J connectivity index is 0.000000182. The van der Waals surface area contributed by atoms with Gasteiger partial charge in [0.25, 0.3) is 0 Å². The SMILES string of the molecule is CCc1cccc(CC)c1N1[CH-]C(C)(C)CC1(C)C.Cc1ccccc1C1=C[C](=[Ru]([Cl])[Cl])c2c(C3OCC[OH+]3)ccc(C)c21. The normalized spacial score (nSPS) is 20.3. The molecule has 2 saturated heterocycles. The summed E-state index contributed by atoms with van der Waals surface area (Å²) in [5.74, 6) is 0. The van der Waals surface area contributed by atoms with Gasteiger partial charge < -0.3 is 4.90 Å². The van der Waals surface area contributed by atoms with Gasteiger partial charge in [-0.05, 0) is 37.8 Å². The van der Waals surface area contributed by atoms with Crippen LogP contribution in [0.25, 0.3) is 5.57 Å². The second-order valence-electron chi connectivity index (χ2n) is 13.4. The van der Waals surface area contributed by atoms with Gasteiger partial charge in [-0.15, -0.1) is 5.41 Å². The zero-order chi connectivity index (χ0) is 31.8. The molecule has 1 atom stereocenters. The molecule has 0 bridgehead atoms. The standard InChI is InChI=1S/C20H18O2.C18H28N.2ClH.Ru/c1-13-5-3-4-6-15(13)16-9-10-17-18(20-21-11-12-22-20)8-7-14(2)19(16)17;1-7-14-10-9-11-15(8-2)16(14)19-13-17(3,4)12-18(19,5)6;;;/h3-9,20H,11-12H2,1-2H3;9-11,13H,7-8,12H2,1-6H3;2*1H;/q;-1;;;+2/p-1. The number of nitrogens with zero attached hydrogens (tertiary/aromatic N) is 1. The van der Waals surface area contributed by atoms with E-state index in [-0.39, 0.29) is 17.2 Å². The number of rotatable bonds is 5. The summed E-state index contributed by atoms with van der Waals surface area (Å²) in [7, 11) is 13.0. The van der Waals surface area contributed by atoms with E-state index in [9.17, 15) is 0 Å². The van der Waals surface area contributed by atoms with Gasteiger partial charge in [0.15, 0.2) is 0 Å². The predicted octanol–water partition coefficient (Wildman–Crippen LogP) is 9.74. The van der Waals surface area contributed by atoms with Crippen molar-refractivity contribution in [1.82, 2.24) is 0 Å². The molecule has 3 aliphatic rings. The summed E-state index contributed by atoms with van der Waals surface area (Å²) in [6, 6.07) is 19.5. The molecule has 3 nitrogen and oxygen atoms in total. The number of benzene rings is 3. The van der Waals surface area contributed by atoms with Gasteiger partial charge in [0, 0.05) is 11.2 Å². The summed E-state index contributed by atoms with van der Waals surface area (Å²) in [6.45, 7) is 22.1. The molecule has 2 aliphatic heterocycles. The van der Waals surface area contributed by atoms with E-state index >= 15 is 0 Å². The molecule has 6 heteroatoms. The summed E-state index contributed by atoms with van der Waals surface area (Å²) < 4.78 is 11.5. The van der Waals surface area contributed by atoms with Crippen LogP contribution in [-0.2, 0) is 31.1 Å². The van der Waals surface area contributed by atoms with Crippen molar-refractivity contribution in [2.75, 3.05) is 18.1 Å². The van der Waals surface area contributed by atoms with Crippen molar-refractivity contribution >= 4 is 34.7 Å². The Labute approximate surface area is 278 Å². The molecular weight excluding hydrogens is 674 g/mol. The number of para-hydroxylation sites is 1. The average molecular weight is 722 g/mol. The van der Waals surface area contributed by atoms with Gasteiger partial charge in [-0.3, -0.25) is 0 Å². The Morgan fingerprint density at radius 3 is 2.14 bits per heavy atom. The first-order valence-electron chi connectivity index (χ1n) is 15.7. The molecule has 0 aromatic heterocycles. The van der Waals surface area contributed by atoms with Crippen LogP contribution >= 0.6 is 19.4 Å². The van der Waals surface area contributed by atoms with Crippen LogP contribution in [0.2, 0.25) is 0 Å². The molecule has 1 unspecified atom stereocenters. The number of hydrogen-bond acceptors (Lipinski definition) is 2. The van der Waals surface area contributed by atoms with Crippen molar-refractivity contribution in [2.45, 2.75) is 86.5 Å². The second kappa shape index (κ2) is 13.5. The van der Waals surface area contributed by atoms with Crippen LogP contribution in [0.3, 0.4) is 0 Å². The van der Waals surface area contributed by atoms with Gasteiger partial charge >= 0.3 is 161 Å². The number of aliphatic hydroxyl groups is 2. The Morgan fingerprint density at radius 1 is 0.909 bits per heavy atom. The molecule has 0 amide bonds. The first kappa shape index (κ1) is 33.6. The third-order valence-corrected chi connectivity index (χ3v) is 12.0. The van der Waals surface area contributed by atoms with Crippen LogP contribution < -0.4 is 4.90 Å². The molecule has 3 aromatic rings. The van der Waals surface area contributed by atoms with Crippen molar-refractivity contribution < 1.29 is 23.0 Å². The fourth-order valence-corrected chi connectivity index (χ4v) is 9.71. The molecule has 3 aromatic carbocycles. The number of aryl methyl sites for hydroxylation is 4. The summed E-state index contributed by atoms with van der Waals surface area (Å²) in [5, 5.41) is 0. The van der Waals surface area contributed by atoms with Gasteiger partial charge in [-0.2, -0.15) is 0 Å². The molecule has 6 rings (SSSR count). The van der Waals surface area contributed by atoms with E-state index in [2.05, 4.69) is 132 Å². The molecule has 44 heavy (non-hydrogen) atoms. The molecule has 0 saturated carbocycles. The minimum atomic E-state index is -2.09. The fourth-order valence-electron chi connectivity index (χ4n) is 7.22. The van der Waals surface area contributed by atoms with Gasteiger partial charge in [-0.25, -0.2) is 6.54 Å². The minimum absolute atomic E-state index is 0.207. The number of fused-ring (bicyclic) bond motifs is 1. The Bertz CT molecular complexity index is 1570. The van der Waals surface area contributed by atoms with E-state index in [1.165, 1.54) is 51.1 Å². The molecule has 0 radical (unpaired) electrons. The maximum atomic E-state index is 6.49. The Kier molecular flexibility index (Phi) is 10.3. The van der Waals surface area contributed by atoms with Crippen LogP contribution in [0.5, 0.6) is 0 Å². The third kappa shape index (κ3) is 6.67. The van der Waals surface area contributed by atoms with E-state index in [0.717, 1.165) is 34.7 Å². The summed E-state index contributed by atoms with van der Waals surface area (Å²) in [6.07, 6.45) is 5.39. The van der Waals surface area contributed by atoms with E-state index in [4.69, 9.17) is 24.1 Å². The zero-order valence-electron chi connectivity index (χ0n) is 27.4. The Morgan fingerprint density at radius 2 is 1.59 bits per heavy atom. The second-order valence-corrected chi connectivity index (χ2v) is 19.2. The van der Waals surface area contributed by atoms with E-state index in [0.29, 0.717) is 6.61 Å². The molecule has 238 valence electrons. The number of hydrogen-bond donors (Lipinski definition) is 0. The third-order valence-electron chi connectivity index (χ3n) is 8.95. The van der Waals surface area contributed by atoms with Crippen molar-refractivity contribution in [3.63, 3.8) is 0 Å². The van der Waals surface area contributed by atoms with Crippen molar-refractivity contribution in [1.29, 1.82) is 0 Å². The number of anilines is 1. The van der Waals surface area contributed by atoms with Crippen LogP contribution in [0.15, 0.2) is 60.7 Å². The van der Waals surface area contributed by atoms with Gasteiger partial charge in [0.05, 0.1) is 0 Å². The summed E-state index contributed by atoms with van der Waals surface area (Å²) in [5.41, 5.74) is 13.3. The van der Waals surface area contributed by atoms with E-state index < -0.39 is 13.5 Å². The first-order valence-corrected chi connectivity index (χ1v) is 21.1. The topological polar surface area (TPSA) is 25.3 Å². The monoisotopic (exact) mass is 721 g/mol. The first-order chi connectivity index (χ1) is 20.9. The van der Waals surface area contributed by atoms with Gasteiger partial charge in [0.1, 0.15) is 0 Å². The molecule has 2 fully saturated rings. The average Bonchev–Trinajstić information content (AvgIpc) is 3.70. The molecule has 2 heterocycles. The molecule has 0 spiro atoms. The van der Waals surface area contributed by atoms with Crippen LogP contribution in [0.4, 0.5) is 5.69 Å². The maximum absolute atomic E-state index is 6.49. The Hall–Kier alpha value is -1.81. The fraction of sp³-hybridized carbons (Fsp3) is 0.421. The van der Waals surface area contributed by atoms with Crippen molar-refractivity contribution in [2.24, 2.45) is 5.41 Å².